The summed E-state index contributed by atoms with van der Waals surface area (Å²) in [6.07, 6.45) is 15.9. The molecule has 0 N–H and O–H groups in total. The number of allylic oxidation sites excluding steroid dienone is 3. The molecule has 0 radical (unpaired) electrons. The maximum atomic E-state index is 9.12. The molecule has 0 bridgehead atoms. The van der Waals surface area contributed by atoms with Gasteiger partial charge in [0.1, 0.15) is 33.1 Å². The Balaban J connectivity index is 2.33. The van der Waals surface area contributed by atoms with Crippen molar-refractivity contribution < 1.29 is 0 Å². The zero-order valence-corrected chi connectivity index (χ0v) is 21.3. The summed E-state index contributed by atoms with van der Waals surface area (Å²) in [4.78, 5) is 38.0. The molecule has 4 aromatic rings. The van der Waals surface area contributed by atoms with Crippen LogP contribution in [0.4, 0.5) is 0 Å². The molecule has 0 aliphatic rings. The average Bonchev–Trinajstić information content (AvgIpc) is 3.01. The van der Waals surface area contributed by atoms with Gasteiger partial charge in [0.15, 0.2) is 18.6 Å². The summed E-state index contributed by atoms with van der Waals surface area (Å²) in [5, 5.41) is 27.4. The quantitative estimate of drug-likeness (QED) is 0.167. The highest BCUT2D eigenvalue weighted by molar-refractivity contribution is 6.18. The van der Waals surface area contributed by atoms with Gasteiger partial charge in [-0.25, -0.2) is 44.4 Å². The molecule has 0 aliphatic carbocycles. The van der Waals surface area contributed by atoms with E-state index in [1.165, 1.54) is 73.3 Å². The highest BCUT2D eigenvalue weighted by Crippen LogP contribution is 2.32. The highest BCUT2D eigenvalue weighted by Gasteiger charge is 2.20. The first-order chi connectivity index (χ1) is 20.6. The van der Waals surface area contributed by atoms with Gasteiger partial charge in [-0.3, -0.25) is 0 Å². The molecule has 0 saturated carbocycles. The van der Waals surface area contributed by atoms with Gasteiger partial charge in [0.25, 0.3) is 0 Å². The summed E-state index contributed by atoms with van der Waals surface area (Å²) >= 11 is 0. The largest absolute Gasteiger partial charge is 0.246 e. The first-order valence-electron chi connectivity index (χ1n) is 11.6. The predicted octanol–water partition coefficient (Wildman–Crippen LogP) is 5.80. The van der Waals surface area contributed by atoms with Gasteiger partial charge >= 0.3 is 0 Å². The summed E-state index contributed by atoms with van der Waals surface area (Å²) in [7, 11) is 0. The van der Waals surface area contributed by atoms with Gasteiger partial charge in [0, 0.05) is 18.2 Å². The van der Waals surface area contributed by atoms with E-state index >= 15 is 0 Å². The van der Waals surface area contributed by atoms with E-state index in [-0.39, 0.29) is 67.3 Å². The first kappa shape index (κ1) is 27.6. The monoisotopic (exact) mass is 540 g/mol. The Morgan fingerprint density at radius 3 is 0.810 bits per heavy atom. The van der Waals surface area contributed by atoms with Gasteiger partial charge in [-0.2, -0.15) is 15.8 Å². The molecule has 3 heterocycles. The zero-order valence-electron chi connectivity index (χ0n) is 21.3. The average molecular weight is 541 g/mol. The van der Waals surface area contributed by atoms with Crippen molar-refractivity contribution in [2.45, 2.75) is 0 Å². The number of hydrogen-bond acceptors (Lipinski definition) is 9. The van der Waals surface area contributed by atoms with Crippen LogP contribution in [0.5, 0.6) is 0 Å². The number of hydrogen-bond donors (Lipinski definition) is 0. The first-order valence-corrected chi connectivity index (χ1v) is 11.6. The van der Waals surface area contributed by atoms with Crippen molar-refractivity contribution in [1.29, 1.82) is 15.8 Å². The minimum Gasteiger partial charge on any atom is -0.246 e. The van der Waals surface area contributed by atoms with Crippen molar-refractivity contribution in [3.05, 3.63) is 105 Å². The zero-order chi connectivity index (χ0) is 29.9. The van der Waals surface area contributed by atoms with E-state index in [0.717, 1.165) is 0 Å². The lowest BCUT2D eigenvalue weighted by Crippen LogP contribution is -2.04. The maximum absolute atomic E-state index is 9.12. The van der Waals surface area contributed by atoms with Crippen LogP contribution >= 0.6 is 0 Å². The molecule has 192 valence electrons. The Labute approximate surface area is 238 Å². The summed E-state index contributed by atoms with van der Waals surface area (Å²) in [6.45, 7) is 21.4. The van der Waals surface area contributed by atoms with Crippen molar-refractivity contribution in [3.8, 4) is 18.2 Å². The Hall–Kier alpha value is -7.38. The molecule has 12 nitrogen and oxygen atoms in total. The van der Waals surface area contributed by atoms with Gasteiger partial charge in [0.2, 0.25) is 0 Å². The van der Waals surface area contributed by atoms with Crippen LogP contribution < -0.4 is 0 Å². The smallest absolute Gasteiger partial charge is 0.156 e. The molecule has 0 fully saturated rings. The normalized spacial score (nSPS) is 11.6. The lowest BCUT2D eigenvalue weighted by molar-refractivity contribution is 1.19. The van der Waals surface area contributed by atoms with E-state index in [4.69, 9.17) is 65.4 Å². The molecule has 0 spiro atoms. The van der Waals surface area contributed by atoms with E-state index in [0.29, 0.717) is 0 Å². The molecule has 0 aliphatic heterocycles. The fourth-order valence-corrected chi connectivity index (χ4v) is 3.78. The number of aromatic nitrogens is 6. The van der Waals surface area contributed by atoms with Gasteiger partial charge < -0.3 is 0 Å². The molecule has 0 saturated heterocycles. The lowest BCUT2D eigenvalue weighted by atomic mass is 10.1. The van der Waals surface area contributed by atoms with E-state index in [2.05, 4.69) is 14.5 Å². The molecule has 0 atom stereocenters. The molecule has 1 aromatic carbocycles. The molecule has 0 unspecified atom stereocenters. The maximum Gasteiger partial charge on any atom is 0.156 e. The molecule has 12 heteroatoms. The molecule has 42 heavy (non-hydrogen) atoms. The van der Waals surface area contributed by atoms with Crippen molar-refractivity contribution in [2.75, 3.05) is 0 Å². The number of nitrogens with zero attached hydrogens (tertiary/aromatic N) is 12. The lowest BCUT2D eigenvalue weighted by Gasteiger charge is -2.12. The second-order valence-electron chi connectivity index (χ2n) is 7.80. The van der Waals surface area contributed by atoms with Crippen LogP contribution in [0, 0.1) is 53.7 Å². The molecule has 0 amide bonds. The summed E-state index contributed by atoms with van der Waals surface area (Å²) in [5.41, 5.74) is 3.07. The van der Waals surface area contributed by atoms with E-state index in [1.54, 1.807) is 0 Å². The second kappa shape index (κ2) is 12.9. The second-order valence-corrected chi connectivity index (χ2v) is 7.80. The molecular formula is C30H12N12. The van der Waals surface area contributed by atoms with Crippen LogP contribution in [-0.4, -0.2) is 29.9 Å². The molecule has 4 rings (SSSR count). The number of fused-ring (bicyclic) bond motifs is 6. The topological polar surface area (TPSA) is 162 Å². The number of benzene rings is 1. The predicted molar refractivity (Wildman–Crippen MR) is 157 cm³/mol. The third kappa shape index (κ3) is 5.56. The minimum absolute atomic E-state index is 0.239. The van der Waals surface area contributed by atoms with Crippen LogP contribution in [0.2, 0.25) is 0 Å². The fourth-order valence-electron chi connectivity index (χ4n) is 3.78. The van der Waals surface area contributed by atoms with Crippen LogP contribution in [0.25, 0.3) is 84.1 Å². The van der Waals surface area contributed by atoms with Crippen LogP contribution in [-0.2, 0) is 0 Å². The van der Waals surface area contributed by atoms with Crippen LogP contribution in [0.15, 0.2) is 36.8 Å². The van der Waals surface area contributed by atoms with Crippen molar-refractivity contribution in [3.63, 3.8) is 0 Å². The van der Waals surface area contributed by atoms with Crippen LogP contribution in [0.1, 0.15) is 34.2 Å². The van der Waals surface area contributed by atoms with Gasteiger partial charge in [-0.15, -0.1) is 0 Å². The van der Waals surface area contributed by atoms with Gasteiger partial charge in [-0.1, -0.05) is 0 Å². The number of nitriles is 3. The van der Waals surface area contributed by atoms with Crippen LogP contribution in [0.3, 0.4) is 0 Å². The standard InChI is InChI=1S/C30H12N12/c1-34-16-10-22-21(9-6-15-33)39-27-25-26(38-20(8-5-14-32)19(37-25)7-4-13-31)29-30(28(27)40-22)42-24(12-18-36-3)23(41-29)11-17-35-2/h4-12,16-18H/b7-4+,8-5+,9-6+,16-10+,17-11+,18-12+. The van der Waals surface area contributed by atoms with Crippen molar-refractivity contribution >= 4 is 69.6 Å². The van der Waals surface area contributed by atoms with Crippen molar-refractivity contribution in [2.24, 2.45) is 0 Å². The van der Waals surface area contributed by atoms with Gasteiger partial charge in [0.05, 0.1) is 72.1 Å². The Morgan fingerprint density at radius 1 is 0.405 bits per heavy atom. The van der Waals surface area contributed by atoms with E-state index in [1.807, 2.05) is 18.2 Å². The summed E-state index contributed by atoms with van der Waals surface area (Å²) in [6, 6.07) is 5.72. The summed E-state index contributed by atoms with van der Waals surface area (Å²) in [5.74, 6) is 0. The Kier molecular flexibility index (Phi) is 8.51. The number of rotatable bonds is 6. The third-order valence-corrected chi connectivity index (χ3v) is 5.39. The van der Waals surface area contributed by atoms with Gasteiger partial charge in [-0.05, 0) is 36.5 Å². The Bertz CT molecular complexity index is 1770. The fraction of sp³-hybridized carbons (Fsp3) is 0. The highest BCUT2D eigenvalue weighted by atomic mass is 14.9. The van der Waals surface area contributed by atoms with E-state index < -0.39 is 0 Å². The minimum atomic E-state index is 0.239. The summed E-state index contributed by atoms with van der Waals surface area (Å²) < 4.78 is 0. The van der Waals surface area contributed by atoms with E-state index in [9.17, 15) is 0 Å². The van der Waals surface area contributed by atoms with Crippen molar-refractivity contribution in [1.82, 2.24) is 29.9 Å². The third-order valence-electron chi connectivity index (χ3n) is 5.39. The Morgan fingerprint density at radius 2 is 0.619 bits per heavy atom. The molecular weight excluding hydrogens is 528 g/mol. The molecule has 3 aromatic heterocycles. The SMILES string of the molecule is [C-]#[N+]/C=C/c1nc2c(nc1/C=C/C#N)c1nc(/C=C/C#N)c(/C=C/C#N)nc1c1nc(/C=C/[N+]#[C-])c(/C=C/[N+]#[C-])nc21.